The highest BCUT2D eigenvalue weighted by molar-refractivity contribution is 9.10. The first kappa shape index (κ1) is 15.3. The van der Waals surface area contributed by atoms with Gasteiger partial charge in [-0.3, -0.25) is 9.48 Å². The molecular formula is C12H20BrN3O2. The average molecular weight is 318 g/mol. The second-order valence-corrected chi connectivity index (χ2v) is 5.20. The van der Waals surface area contributed by atoms with Gasteiger partial charge in [0.1, 0.15) is 5.69 Å². The Balaban J connectivity index is 2.63. The molecule has 0 amide bonds. The van der Waals surface area contributed by atoms with Gasteiger partial charge in [0.25, 0.3) is 0 Å². The summed E-state index contributed by atoms with van der Waals surface area (Å²) < 4.78 is 7.42. The van der Waals surface area contributed by atoms with Gasteiger partial charge in [-0.2, -0.15) is 5.10 Å². The minimum absolute atomic E-state index is 0.0936. The van der Waals surface area contributed by atoms with Crippen LogP contribution in [0.25, 0.3) is 0 Å². The molecule has 1 atom stereocenters. The summed E-state index contributed by atoms with van der Waals surface area (Å²) in [6.45, 7) is 3.06. The maximum atomic E-state index is 12.1. The fourth-order valence-corrected chi connectivity index (χ4v) is 2.21. The molecule has 102 valence electrons. The SMILES string of the molecule is COCCn1ncc(Br)c1C(=O)CCCC(C)N. The molecule has 1 unspecified atom stereocenters. The molecule has 0 radical (unpaired) electrons. The standard InChI is InChI=1S/C12H20BrN3O2/c1-9(14)4-3-5-11(17)12-10(13)8-15-16(12)6-7-18-2/h8-9H,3-7,14H2,1-2H3. The summed E-state index contributed by atoms with van der Waals surface area (Å²) in [5, 5.41) is 4.16. The van der Waals surface area contributed by atoms with E-state index in [-0.39, 0.29) is 11.8 Å². The van der Waals surface area contributed by atoms with Crippen LogP contribution in [0, 0.1) is 0 Å². The summed E-state index contributed by atoms with van der Waals surface area (Å²) in [5.74, 6) is 0.0936. The first-order chi connectivity index (χ1) is 8.56. The molecule has 0 spiro atoms. The van der Waals surface area contributed by atoms with Crippen molar-refractivity contribution < 1.29 is 9.53 Å². The zero-order chi connectivity index (χ0) is 13.5. The summed E-state index contributed by atoms with van der Waals surface area (Å²) in [4.78, 5) is 12.1. The lowest BCUT2D eigenvalue weighted by Gasteiger charge is -2.08. The predicted octanol–water partition coefficient (Wildman–Crippen LogP) is 1.99. The Labute approximate surface area is 116 Å². The molecule has 6 heteroatoms. The van der Waals surface area contributed by atoms with E-state index in [1.165, 1.54) is 0 Å². The smallest absolute Gasteiger partial charge is 0.182 e. The van der Waals surface area contributed by atoms with E-state index in [4.69, 9.17) is 10.5 Å². The van der Waals surface area contributed by atoms with Crippen molar-refractivity contribution in [3.05, 3.63) is 16.4 Å². The number of hydrogen-bond donors (Lipinski definition) is 1. The van der Waals surface area contributed by atoms with Gasteiger partial charge < -0.3 is 10.5 Å². The number of nitrogens with zero attached hydrogens (tertiary/aromatic N) is 2. The number of carbonyl (C=O) groups excluding carboxylic acids is 1. The third kappa shape index (κ3) is 4.51. The lowest BCUT2D eigenvalue weighted by Crippen LogP contribution is -2.16. The van der Waals surface area contributed by atoms with Crippen LogP contribution in [-0.2, 0) is 11.3 Å². The summed E-state index contributed by atoms with van der Waals surface area (Å²) in [6, 6.07) is 0.139. The number of hydrogen-bond acceptors (Lipinski definition) is 4. The van der Waals surface area contributed by atoms with Crippen LogP contribution < -0.4 is 5.73 Å². The Bertz CT molecular complexity index is 391. The molecule has 18 heavy (non-hydrogen) atoms. The van der Waals surface area contributed by atoms with Crippen molar-refractivity contribution in [1.82, 2.24) is 9.78 Å². The normalized spacial score (nSPS) is 12.7. The van der Waals surface area contributed by atoms with E-state index < -0.39 is 0 Å². The summed E-state index contributed by atoms with van der Waals surface area (Å²) in [5.41, 5.74) is 6.29. The highest BCUT2D eigenvalue weighted by Crippen LogP contribution is 2.19. The number of aromatic nitrogens is 2. The number of rotatable bonds is 8. The van der Waals surface area contributed by atoms with Crippen LogP contribution >= 0.6 is 15.9 Å². The Hall–Kier alpha value is -0.720. The van der Waals surface area contributed by atoms with Crippen LogP contribution in [0.15, 0.2) is 10.7 Å². The van der Waals surface area contributed by atoms with Crippen LogP contribution in [0.1, 0.15) is 36.7 Å². The summed E-state index contributed by atoms with van der Waals surface area (Å²) in [7, 11) is 1.63. The van der Waals surface area contributed by atoms with Crippen LogP contribution in [-0.4, -0.2) is 35.3 Å². The summed E-state index contributed by atoms with van der Waals surface area (Å²) in [6.07, 6.45) is 3.81. The Morgan fingerprint density at radius 3 is 3.00 bits per heavy atom. The lowest BCUT2D eigenvalue weighted by atomic mass is 10.1. The quantitative estimate of drug-likeness (QED) is 0.744. The van der Waals surface area contributed by atoms with E-state index in [1.54, 1.807) is 18.0 Å². The van der Waals surface area contributed by atoms with Gasteiger partial charge in [0.05, 0.1) is 23.8 Å². The Kier molecular flexibility index (Phi) is 6.52. The van der Waals surface area contributed by atoms with Crippen molar-refractivity contribution in [3.8, 4) is 0 Å². The van der Waals surface area contributed by atoms with E-state index in [2.05, 4.69) is 21.0 Å². The van der Waals surface area contributed by atoms with Crippen LogP contribution in [0.2, 0.25) is 0 Å². The fourth-order valence-electron chi connectivity index (χ4n) is 1.69. The maximum Gasteiger partial charge on any atom is 0.182 e. The second-order valence-electron chi connectivity index (χ2n) is 4.35. The highest BCUT2D eigenvalue weighted by atomic mass is 79.9. The van der Waals surface area contributed by atoms with Gasteiger partial charge in [0, 0.05) is 19.6 Å². The Morgan fingerprint density at radius 2 is 2.39 bits per heavy atom. The van der Waals surface area contributed by atoms with Crippen molar-refractivity contribution in [2.45, 2.75) is 38.8 Å². The van der Waals surface area contributed by atoms with Crippen molar-refractivity contribution in [3.63, 3.8) is 0 Å². The second kappa shape index (κ2) is 7.66. The molecule has 0 aliphatic carbocycles. The maximum absolute atomic E-state index is 12.1. The molecule has 0 aliphatic rings. The first-order valence-electron chi connectivity index (χ1n) is 6.05. The molecule has 5 nitrogen and oxygen atoms in total. The number of nitrogens with two attached hydrogens (primary N) is 1. The summed E-state index contributed by atoms with van der Waals surface area (Å²) >= 11 is 3.36. The lowest BCUT2D eigenvalue weighted by molar-refractivity contribution is 0.0964. The van der Waals surface area contributed by atoms with Crippen LogP contribution in [0.5, 0.6) is 0 Å². The minimum atomic E-state index is 0.0936. The zero-order valence-electron chi connectivity index (χ0n) is 10.9. The molecule has 0 bridgehead atoms. The van der Waals surface area contributed by atoms with Gasteiger partial charge in [-0.15, -0.1) is 0 Å². The largest absolute Gasteiger partial charge is 0.383 e. The number of halogens is 1. The van der Waals surface area contributed by atoms with E-state index in [9.17, 15) is 4.79 Å². The van der Waals surface area contributed by atoms with E-state index in [0.29, 0.717) is 25.3 Å². The van der Waals surface area contributed by atoms with Crippen molar-refractivity contribution >= 4 is 21.7 Å². The number of methoxy groups -OCH3 is 1. The monoisotopic (exact) mass is 317 g/mol. The Morgan fingerprint density at radius 1 is 1.67 bits per heavy atom. The number of ketones is 1. The molecule has 1 aromatic heterocycles. The molecule has 0 aromatic carbocycles. The zero-order valence-corrected chi connectivity index (χ0v) is 12.4. The number of ether oxygens (including phenoxy) is 1. The van der Waals surface area contributed by atoms with Crippen LogP contribution in [0.4, 0.5) is 0 Å². The van der Waals surface area contributed by atoms with Gasteiger partial charge in [-0.25, -0.2) is 0 Å². The number of carbonyl (C=O) groups is 1. The molecule has 1 rings (SSSR count). The van der Waals surface area contributed by atoms with Gasteiger partial charge in [-0.05, 0) is 35.7 Å². The molecular weight excluding hydrogens is 298 g/mol. The molecule has 0 aliphatic heterocycles. The molecule has 2 N–H and O–H groups in total. The van der Waals surface area contributed by atoms with Gasteiger partial charge in [0.2, 0.25) is 0 Å². The molecule has 0 saturated carbocycles. The van der Waals surface area contributed by atoms with Crippen LogP contribution in [0.3, 0.4) is 0 Å². The molecule has 0 saturated heterocycles. The average Bonchev–Trinajstić information content (AvgIpc) is 2.67. The van der Waals surface area contributed by atoms with Crippen molar-refractivity contribution in [1.29, 1.82) is 0 Å². The predicted molar refractivity (Wildman–Crippen MR) is 73.6 cm³/mol. The minimum Gasteiger partial charge on any atom is -0.383 e. The topological polar surface area (TPSA) is 70.1 Å². The van der Waals surface area contributed by atoms with Crippen molar-refractivity contribution in [2.24, 2.45) is 5.73 Å². The van der Waals surface area contributed by atoms with E-state index >= 15 is 0 Å². The van der Waals surface area contributed by atoms with Gasteiger partial charge >= 0.3 is 0 Å². The first-order valence-corrected chi connectivity index (χ1v) is 6.84. The molecule has 1 heterocycles. The number of Topliss-reactive ketones (excluding diaryl/α,β-unsaturated/α-hetero) is 1. The van der Waals surface area contributed by atoms with E-state index in [0.717, 1.165) is 17.3 Å². The van der Waals surface area contributed by atoms with E-state index in [1.807, 2.05) is 6.92 Å². The molecule has 0 fully saturated rings. The molecule has 1 aromatic rings. The highest BCUT2D eigenvalue weighted by Gasteiger charge is 2.16. The third-order valence-electron chi connectivity index (χ3n) is 2.63. The van der Waals surface area contributed by atoms with Gasteiger partial charge in [-0.1, -0.05) is 0 Å². The third-order valence-corrected chi connectivity index (χ3v) is 3.21. The van der Waals surface area contributed by atoms with Gasteiger partial charge in [0.15, 0.2) is 5.78 Å². The van der Waals surface area contributed by atoms with Crippen molar-refractivity contribution in [2.75, 3.05) is 13.7 Å². The fraction of sp³-hybridized carbons (Fsp3) is 0.667.